The molecule has 6 heteroatoms. The summed E-state index contributed by atoms with van der Waals surface area (Å²) in [5, 5.41) is 7.61. The minimum Gasteiger partial charge on any atom is -0.370 e. The third-order valence-corrected chi connectivity index (χ3v) is 6.64. The summed E-state index contributed by atoms with van der Waals surface area (Å²) in [4.78, 5) is 14.9. The van der Waals surface area contributed by atoms with Gasteiger partial charge in [-0.15, -0.1) is 0 Å². The van der Waals surface area contributed by atoms with Gasteiger partial charge in [-0.25, -0.2) is 0 Å². The molecule has 1 aromatic rings. The number of rotatable bonds is 7. The summed E-state index contributed by atoms with van der Waals surface area (Å²) in [6, 6.07) is 2.05. The fourth-order valence-electron chi connectivity index (χ4n) is 5.38. The Labute approximate surface area is 161 Å². The average Bonchev–Trinajstić information content (AvgIpc) is 3.35. The van der Waals surface area contributed by atoms with Crippen LogP contribution in [0, 0.1) is 25.7 Å². The fraction of sp³-hybridized carbons (Fsp3) is 0.714. The number of ether oxygens (including phenoxy) is 1. The van der Waals surface area contributed by atoms with Crippen molar-refractivity contribution in [1.29, 1.82) is 0 Å². The molecule has 0 saturated carbocycles. The van der Waals surface area contributed by atoms with Gasteiger partial charge in [0, 0.05) is 56.7 Å². The zero-order valence-corrected chi connectivity index (χ0v) is 16.8. The summed E-state index contributed by atoms with van der Waals surface area (Å²) in [6.07, 6.45) is 7.46. The highest BCUT2D eigenvalue weighted by Gasteiger charge is 2.62. The van der Waals surface area contributed by atoms with E-state index in [0.29, 0.717) is 30.9 Å². The van der Waals surface area contributed by atoms with Gasteiger partial charge in [-0.1, -0.05) is 12.2 Å². The van der Waals surface area contributed by atoms with Crippen molar-refractivity contribution in [3.63, 3.8) is 0 Å². The van der Waals surface area contributed by atoms with E-state index in [9.17, 15) is 4.79 Å². The maximum Gasteiger partial charge on any atom is 0.221 e. The molecule has 0 unspecified atom stereocenters. The number of nitrogens with zero attached hydrogens (tertiary/aromatic N) is 3. The molecule has 0 radical (unpaired) electrons. The summed E-state index contributed by atoms with van der Waals surface area (Å²) in [6.45, 7) is 10.6. The minimum atomic E-state index is 0.0470. The maximum absolute atomic E-state index is 12.4. The minimum absolute atomic E-state index is 0.0470. The first-order valence-corrected chi connectivity index (χ1v) is 10.3. The van der Waals surface area contributed by atoms with Gasteiger partial charge in [0.2, 0.25) is 5.91 Å². The van der Waals surface area contributed by atoms with Crippen LogP contribution in [0.15, 0.2) is 18.2 Å². The van der Waals surface area contributed by atoms with Crippen LogP contribution in [0.5, 0.6) is 0 Å². The van der Waals surface area contributed by atoms with Crippen LogP contribution in [-0.4, -0.2) is 58.5 Å². The summed E-state index contributed by atoms with van der Waals surface area (Å²) in [5.74, 6) is 1.12. The van der Waals surface area contributed by atoms with Gasteiger partial charge >= 0.3 is 0 Å². The number of amides is 1. The fourth-order valence-corrected chi connectivity index (χ4v) is 5.38. The Morgan fingerprint density at radius 3 is 3.07 bits per heavy atom. The highest BCUT2D eigenvalue weighted by molar-refractivity contribution is 5.75. The summed E-state index contributed by atoms with van der Waals surface area (Å²) in [5.41, 5.74) is 2.16. The summed E-state index contributed by atoms with van der Waals surface area (Å²) in [7, 11) is 0. The van der Waals surface area contributed by atoms with Crippen molar-refractivity contribution >= 4 is 5.91 Å². The SMILES string of the molecule is C/C=C/CN1C[C@@H]2[C@H](CNC(=O)CCn3nc(C)cc3C)[C@H]3CC[C@]2(C1)O3. The lowest BCUT2D eigenvalue weighted by Crippen LogP contribution is -2.42. The number of carbonyl (C=O) groups is 1. The quantitative estimate of drug-likeness (QED) is 0.745. The first-order valence-electron chi connectivity index (χ1n) is 10.3. The first kappa shape index (κ1) is 18.7. The van der Waals surface area contributed by atoms with Gasteiger partial charge < -0.3 is 10.1 Å². The molecule has 0 aliphatic carbocycles. The Kier molecular flexibility index (Phi) is 5.12. The molecule has 0 aromatic carbocycles. The van der Waals surface area contributed by atoms with Gasteiger partial charge in [0.25, 0.3) is 0 Å². The highest BCUT2D eigenvalue weighted by atomic mass is 16.5. The maximum atomic E-state index is 12.4. The lowest BCUT2D eigenvalue weighted by Gasteiger charge is -2.29. The molecule has 1 aromatic heterocycles. The van der Waals surface area contributed by atoms with Crippen LogP contribution in [0.25, 0.3) is 0 Å². The third-order valence-electron chi connectivity index (χ3n) is 6.64. The zero-order valence-electron chi connectivity index (χ0n) is 16.8. The van der Waals surface area contributed by atoms with Gasteiger partial charge in [0.1, 0.15) is 0 Å². The van der Waals surface area contributed by atoms with Crippen molar-refractivity contribution in [2.24, 2.45) is 11.8 Å². The lowest BCUT2D eigenvalue weighted by molar-refractivity contribution is -0.121. The molecule has 4 heterocycles. The van der Waals surface area contributed by atoms with E-state index in [1.165, 1.54) is 6.42 Å². The van der Waals surface area contributed by atoms with E-state index in [0.717, 1.165) is 44.0 Å². The monoisotopic (exact) mass is 372 g/mol. The largest absolute Gasteiger partial charge is 0.370 e. The van der Waals surface area contributed by atoms with Crippen LogP contribution < -0.4 is 5.32 Å². The molecule has 3 fully saturated rings. The normalized spacial score (nSPS) is 32.5. The molecular weight excluding hydrogens is 340 g/mol. The Balaban J connectivity index is 1.29. The Bertz CT molecular complexity index is 728. The number of aryl methyl sites for hydroxylation is 3. The van der Waals surface area contributed by atoms with Crippen molar-refractivity contribution in [3.05, 3.63) is 29.6 Å². The van der Waals surface area contributed by atoms with Crippen LogP contribution in [0.2, 0.25) is 0 Å². The van der Waals surface area contributed by atoms with Crippen molar-refractivity contribution in [1.82, 2.24) is 20.0 Å². The van der Waals surface area contributed by atoms with Crippen molar-refractivity contribution in [2.75, 3.05) is 26.2 Å². The van der Waals surface area contributed by atoms with Gasteiger partial charge in [-0.05, 0) is 39.7 Å². The number of nitrogens with one attached hydrogen (secondary N) is 1. The van der Waals surface area contributed by atoms with Gasteiger partial charge in [0.15, 0.2) is 0 Å². The predicted octanol–water partition coefficient (Wildman–Crippen LogP) is 2.06. The molecule has 148 valence electrons. The van der Waals surface area contributed by atoms with Crippen molar-refractivity contribution in [3.8, 4) is 0 Å². The topological polar surface area (TPSA) is 59.4 Å². The number of likely N-dealkylation sites (tertiary alicyclic amines) is 1. The van der Waals surface area contributed by atoms with Gasteiger partial charge in [-0.3, -0.25) is 14.4 Å². The van der Waals surface area contributed by atoms with E-state index < -0.39 is 0 Å². The van der Waals surface area contributed by atoms with Crippen LogP contribution in [0.1, 0.15) is 37.6 Å². The molecule has 27 heavy (non-hydrogen) atoms. The van der Waals surface area contributed by atoms with E-state index in [4.69, 9.17) is 4.74 Å². The molecule has 1 spiro atoms. The molecule has 6 nitrogen and oxygen atoms in total. The highest BCUT2D eigenvalue weighted by Crippen LogP contribution is 2.54. The average molecular weight is 373 g/mol. The predicted molar refractivity (Wildman–Crippen MR) is 104 cm³/mol. The smallest absolute Gasteiger partial charge is 0.221 e. The Morgan fingerprint density at radius 2 is 2.33 bits per heavy atom. The van der Waals surface area contributed by atoms with E-state index in [1.54, 1.807) is 0 Å². The number of aromatic nitrogens is 2. The second kappa shape index (κ2) is 7.40. The third kappa shape index (κ3) is 3.57. The van der Waals surface area contributed by atoms with E-state index in [-0.39, 0.29) is 11.5 Å². The Morgan fingerprint density at radius 1 is 1.48 bits per heavy atom. The van der Waals surface area contributed by atoms with Gasteiger partial charge in [0.05, 0.1) is 17.4 Å². The zero-order chi connectivity index (χ0) is 19.0. The lowest BCUT2D eigenvalue weighted by atomic mass is 9.73. The second-order valence-corrected chi connectivity index (χ2v) is 8.50. The first-order chi connectivity index (χ1) is 13.0. The number of fused-ring (bicyclic) bond motifs is 1. The number of allylic oxidation sites excluding steroid dienone is 1. The van der Waals surface area contributed by atoms with Crippen molar-refractivity contribution < 1.29 is 9.53 Å². The summed E-state index contributed by atoms with van der Waals surface area (Å²) < 4.78 is 8.37. The number of carbonyl (C=O) groups excluding carboxylic acids is 1. The molecule has 4 rings (SSSR count). The van der Waals surface area contributed by atoms with E-state index >= 15 is 0 Å². The number of hydrogen-bond acceptors (Lipinski definition) is 4. The molecule has 2 bridgehead atoms. The Hall–Kier alpha value is -1.66. The molecule has 3 saturated heterocycles. The standard InChI is InChI=1S/C21H32N4O2/c1-4-5-9-24-13-18-17(19-6-8-21(18,14-24)27-19)12-22-20(26)7-10-25-16(3)11-15(2)23-25/h4-5,11,17-19H,6-10,12-14H2,1-3H3,(H,22,26)/b5-4+/t17-,18+,19+,21+/m0/s1. The van der Waals surface area contributed by atoms with E-state index in [1.807, 2.05) is 24.6 Å². The molecular formula is C21H32N4O2. The molecule has 3 aliphatic heterocycles. The van der Waals surface area contributed by atoms with Crippen LogP contribution in [0.4, 0.5) is 0 Å². The number of hydrogen-bond donors (Lipinski definition) is 1. The van der Waals surface area contributed by atoms with E-state index in [2.05, 4.69) is 34.4 Å². The summed E-state index contributed by atoms with van der Waals surface area (Å²) >= 11 is 0. The molecule has 3 aliphatic rings. The second-order valence-electron chi connectivity index (χ2n) is 8.50. The van der Waals surface area contributed by atoms with Crippen LogP contribution in [-0.2, 0) is 16.1 Å². The van der Waals surface area contributed by atoms with Crippen LogP contribution in [0.3, 0.4) is 0 Å². The molecule has 1 amide bonds. The van der Waals surface area contributed by atoms with Crippen molar-refractivity contribution in [2.45, 2.75) is 58.3 Å². The van der Waals surface area contributed by atoms with Gasteiger partial charge in [-0.2, -0.15) is 5.10 Å². The molecule has 4 atom stereocenters. The van der Waals surface area contributed by atoms with Crippen LogP contribution >= 0.6 is 0 Å². The molecule has 1 N–H and O–H groups in total.